The van der Waals surface area contributed by atoms with Crippen molar-refractivity contribution in [3.05, 3.63) is 12.4 Å². The Morgan fingerprint density at radius 3 is 2.89 bits per heavy atom. The lowest BCUT2D eigenvalue weighted by molar-refractivity contribution is 0.213. The summed E-state index contributed by atoms with van der Waals surface area (Å²) in [5, 5.41) is 3.21. The first-order chi connectivity index (χ1) is 8.74. The van der Waals surface area contributed by atoms with Crippen LogP contribution in [0.15, 0.2) is 12.4 Å². The monoisotopic (exact) mass is 249 g/mol. The van der Waals surface area contributed by atoms with Crippen molar-refractivity contribution in [2.75, 3.05) is 43.4 Å². The third-order valence-corrected chi connectivity index (χ3v) is 3.55. The Morgan fingerprint density at radius 2 is 2.17 bits per heavy atom. The second-order valence-electron chi connectivity index (χ2n) is 4.78. The summed E-state index contributed by atoms with van der Waals surface area (Å²) in [6.07, 6.45) is 4.81. The van der Waals surface area contributed by atoms with Crippen LogP contribution in [0.1, 0.15) is 20.3 Å². The van der Waals surface area contributed by atoms with Crippen molar-refractivity contribution in [1.82, 2.24) is 14.9 Å². The minimum absolute atomic E-state index is 0.614. The second-order valence-corrected chi connectivity index (χ2v) is 4.78. The minimum atomic E-state index is 0.614. The van der Waals surface area contributed by atoms with Gasteiger partial charge in [-0.1, -0.05) is 6.92 Å². The molecule has 0 radical (unpaired) electrons. The van der Waals surface area contributed by atoms with Gasteiger partial charge >= 0.3 is 0 Å². The Labute approximate surface area is 109 Å². The molecule has 1 fully saturated rings. The Bertz CT molecular complexity index is 381. The zero-order chi connectivity index (χ0) is 13.0. The number of nitrogens with zero attached hydrogens (tertiary/aromatic N) is 4. The Morgan fingerprint density at radius 1 is 1.33 bits per heavy atom. The van der Waals surface area contributed by atoms with E-state index in [0.717, 1.165) is 37.8 Å². The number of likely N-dealkylation sites (N-methyl/N-ethyl adjacent to an activating group) is 1. The SMILES string of the molecule is CCNc1cncc(N2CCN(C)C(CC)C2)n1. The number of piperazine rings is 1. The maximum atomic E-state index is 4.61. The molecule has 2 rings (SSSR count). The average Bonchev–Trinajstić information content (AvgIpc) is 2.40. The normalized spacial score (nSPS) is 21.1. The Kier molecular flexibility index (Phi) is 4.36. The van der Waals surface area contributed by atoms with Gasteiger partial charge in [0.25, 0.3) is 0 Å². The van der Waals surface area contributed by atoms with Crippen molar-refractivity contribution in [1.29, 1.82) is 0 Å². The van der Waals surface area contributed by atoms with Crippen molar-refractivity contribution in [3.63, 3.8) is 0 Å². The van der Waals surface area contributed by atoms with Crippen LogP contribution in [-0.4, -0.2) is 54.1 Å². The summed E-state index contributed by atoms with van der Waals surface area (Å²) < 4.78 is 0. The molecule has 1 N–H and O–H groups in total. The van der Waals surface area contributed by atoms with Crippen LogP contribution >= 0.6 is 0 Å². The molecule has 1 aliphatic rings. The van der Waals surface area contributed by atoms with Crippen LogP contribution < -0.4 is 10.2 Å². The van der Waals surface area contributed by atoms with Crippen LogP contribution in [0.5, 0.6) is 0 Å². The van der Waals surface area contributed by atoms with Gasteiger partial charge in [-0.05, 0) is 20.4 Å². The molecule has 2 heterocycles. The van der Waals surface area contributed by atoms with Gasteiger partial charge in [0.15, 0.2) is 0 Å². The molecule has 18 heavy (non-hydrogen) atoms. The van der Waals surface area contributed by atoms with Gasteiger partial charge in [0.1, 0.15) is 11.6 Å². The number of rotatable bonds is 4. The molecule has 1 aliphatic heterocycles. The molecule has 1 saturated heterocycles. The van der Waals surface area contributed by atoms with Gasteiger partial charge < -0.3 is 10.2 Å². The van der Waals surface area contributed by atoms with Crippen LogP contribution in [0, 0.1) is 0 Å². The molecule has 0 amide bonds. The van der Waals surface area contributed by atoms with Gasteiger partial charge in [-0.2, -0.15) is 0 Å². The van der Waals surface area contributed by atoms with E-state index in [9.17, 15) is 0 Å². The van der Waals surface area contributed by atoms with Gasteiger partial charge in [0.2, 0.25) is 0 Å². The predicted octanol–water partition coefficient (Wildman–Crippen LogP) is 1.44. The highest BCUT2D eigenvalue weighted by Gasteiger charge is 2.23. The number of nitrogens with one attached hydrogen (secondary N) is 1. The summed E-state index contributed by atoms with van der Waals surface area (Å²) in [6.45, 7) is 8.33. The van der Waals surface area contributed by atoms with Crippen LogP contribution in [0.2, 0.25) is 0 Å². The quantitative estimate of drug-likeness (QED) is 0.874. The van der Waals surface area contributed by atoms with Crippen molar-refractivity contribution in [2.24, 2.45) is 0 Å². The summed E-state index contributed by atoms with van der Waals surface area (Å²) in [4.78, 5) is 13.6. The third-order valence-electron chi connectivity index (χ3n) is 3.55. The predicted molar refractivity (Wildman–Crippen MR) is 75.1 cm³/mol. The molecule has 1 atom stereocenters. The lowest BCUT2D eigenvalue weighted by Crippen LogP contribution is -2.51. The van der Waals surface area contributed by atoms with Crippen molar-refractivity contribution >= 4 is 11.6 Å². The highest BCUT2D eigenvalue weighted by atomic mass is 15.3. The highest BCUT2D eigenvalue weighted by Crippen LogP contribution is 2.18. The first kappa shape index (κ1) is 13.1. The van der Waals surface area contributed by atoms with E-state index in [-0.39, 0.29) is 0 Å². The maximum Gasteiger partial charge on any atom is 0.149 e. The van der Waals surface area contributed by atoms with E-state index >= 15 is 0 Å². The molecule has 0 bridgehead atoms. The average molecular weight is 249 g/mol. The third kappa shape index (κ3) is 2.90. The minimum Gasteiger partial charge on any atom is -0.369 e. The lowest BCUT2D eigenvalue weighted by Gasteiger charge is -2.39. The molecular formula is C13H23N5. The fourth-order valence-corrected chi connectivity index (χ4v) is 2.37. The van der Waals surface area contributed by atoms with Crippen LogP contribution in [0.4, 0.5) is 11.6 Å². The lowest BCUT2D eigenvalue weighted by atomic mass is 10.1. The molecule has 5 heteroatoms. The molecule has 0 spiro atoms. The molecule has 0 aliphatic carbocycles. The fourth-order valence-electron chi connectivity index (χ4n) is 2.37. The van der Waals surface area contributed by atoms with Gasteiger partial charge in [-0.15, -0.1) is 0 Å². The first-order valence-corrected chi connectivity index (χ1v) is 6.75. The van der Waals surface area contributed by atoms with Gasteiger partial charge in [0.05, 0.1) is 12.4 Å². The number of aromatic nitrogens is 2. The van der Waals surface area contributed by atoms with Crippen molar-refractivity contribution < 1.29 is 0 Å². The van der Waals surface area contributed by atoms with Crippen molar-refractivity contribution in [2.45, 2.75) is 26.3 Å². The summed E-state index contributed by atoms with van der Waals surface area (Å²) in [6, 6.07) is 0.614. The first-order valence-electron chi connectivity index (χ1n) is 6.75. The number of anilines is 2. The largest absolute Gasteiger partial charge is 0.369 e. The highest BCUT2D eigenvalue weighted by molar-refractivity contribution is 5.44. The molecular weight excluding hydrogens is 226 g/mol. The molecule has 0 aromatic carbocycles. The smallest absolute Gasteiger partial charge is 0.149 e. The summed E-state index contributed by atoms with van der Waals surface area (Å²) >= 11 is 0. The van der Waals surface area contributed by atoms with Gasteiger partial charge in [-0.25, -0.2) is 4.98 Å². The van der Waals surface area contributed by atoms with E-state index in [1.54, 1.807) is 6.20 Å². The Balaban J connectivity index is 2.09. The van der Waals surface area contributed by atoms with E-state index in [0.29, 0.717) is 6.04 Å². The zero-order valence-electron chi connectivity index (χ0n) is 11.6. The van der Waals surface area contributed by atoms with E-state index < -0.39 is 0 Å². The van der Waals surface area contributed by atoms with Crippen LogP contribution in [-0.2, 0) is 0 Å². The van der Waals surface area contributed by atoms with E-state index in [1.807, 2.05) is 6.20 Å². The molecule has 1 unspecified atom stereocenters. The molecule has 1 aromatic rings. The topological polar surface area (TPSA) is 44.3 Å². The zero-order valence-corrected chi connectivity index (χ0v) is 11.6. The summed E-state index contributed by atoms with van der Waals surface area (Å²) in [5.74, 6) is 1.85. The fraction of sp³-hybridized carbons (Fsp3) is 0.692. The van der Waals surface area contributed by atoms with Gasteiger partial charge in [-0.3, -0.25) is 9.88 Å². The van der Waals surface area contributed by atoms with E-state index in [1.165, 1.54) is 6.42 Å². The van der Waals surface area contributed by atoms with E-state index in [4.69, 9.17) is 0 Å². The standard InChI is InChI=1S/C13H23N5/c1-4-11-10-18(7-6-17(11)3)13-9-14-8-12(16-13)15-5-2/h8-9,11H,4-7,10H2,1-3H3,(H,15,16). The summed E-state index contributed by atoms with van der Waals surface area (Å²) in [7, 11) is 2.20. The van der Waals surface area contributed by atoms with Crippen molar-refractivity contribution in [3.8, 4) is 0 Å². The molecule has 100 valence electrons. The molecule has 0 saturated carbocycles. The maximum absolute atomic E-state index is 4.61. The van der Waals surface area contributed by atoms with Crippen LogP contribution in [0.25, 0.3) is 0 Å². The number of hydrogen-bond acceptors (Lipinski definition) is 5. The van der Waals surface area contributed by atoms with E-state index in [2.05, 4.69) is 46.0 Å². The molecule has 1 aromatic heterocycles. The van der Waals surface area contributed by atoms with Crippen LogP contribution in [0.3, 0.4) is 0 Å². The van der Waals surface area contributed by atoms with Gasteiger partial charge in [0, 0.05) is 32.2 Å². The molecule has 5 nitrogen and oxygen atoms in total. The second kappa shape index (κ2) is 6.00. The Hall–Kier alpha value is -1.36. The number of hydrogen-bond donors (Lipinski definition) is 1. The summed E-state index contributed by atoms with van der Waals surface area (Å²) in [5.41, 5.74) is 0.